The number of carbonyl (C=O) groups is 1. The fourth-order valence-corrected chi connectivity index (χ4v) is 4.35. The van der Waals surface area contributed by atoms with Crippen LogP contribution in [0.3, 0.4) is 0 Å². The van der Waals surface area contributed by atoms with Crippen LogP contribution in [-0.4, -0.2) is 49.9 Å². The summed E-state index contributed by atoms with van der Waals surface area (Å²) in [5.74, 6) is -2.78. The second-order valence-electron chi connectivity index (χ2n) is 8.13. The molecule has 1 amide bonds. The van der Waals surface area contributed by atoms with Crippen molar-refractivity contribution in [3.63, 3.8) is 0 Å². The van der Waals surface area contributed by atoms with Crippen LogP contribution >= 0.6 is 0 Å². The Kier molecular flexibility index (Phi) is 5.49. The van der Waals surface area contributed by atoms with E-state index < -0.39 is 17.5 Å². The van der Waals surface area contributed by atoms with Crippen LogP contribution in [0.15, 0.2) is 53.2 Å². The average molecular weight is 452 g/mol. The molecular formula is C23H22F2N6O2. The van der Waals surface area contributed by atoms with Gasteiger partial charge in [-0.05, 0) is 43.0 Å². The van der Waals surface area contributed by atoms with Gasteiger partial charge < -0.3 is 14.6 Å². The van der Waals surface area contributed by atoms with Gasteiger partial charge in [-0.15, -0.1) is 0 Å². The molecule has 170 valence electrons. The van der Waals surface area contributed by atoms with E-state index in [0.717, 1.165) is 29.2 Å². The lowest BCUT2D eigenvalue weighted by atomic mass is 9.90. The molecule has 2 aromatic heterocycles. The van der Waals surface area contributed by atoms with Crippen LogP contribution in [0.25, 0.3) is 16.8 Å². The van der Waals surface area contributed by atoms with Crippen molar-refractivity contribution in [3.05, 3.63) is 66.0 Å². The van der Waals surface area contributed by atoms with E-state index in [2.05, 4.69) is 20.5 Å². The number of fused-ring (bicyclic) bond motifs is 1. The molecule has 5 rings (SSSR count). The Balaban J connectivity index is 1.44. The molecule has 1 aliphatic rings. The van der Waals surface area contributed by atoms with Crippen LogP contribution in [0, 0.1) is 17.6 Å². The van der Waals surface area contributed by atoms with Crippen molar-refractivity contribution in [2.24, 2.45) is 5.92 Å². The lowest BCUT2D eigenvalue weighted by Crippen LogP contribution is -2.51. The smallest absolute Gasteiger partial charge is 0.295 e. The molecule has 8 nitrogen and oxygen atoms in total. The van der Waals surface area contributed by atoms with Gasteiger partial charge >= 0.3 is 0 Å². The normalized spacial score (nSPS) is 18.6. The predicted octanol–water partition coefficient (Wildman–Crippen LogP) is 4.04. The maximum absolute atomic E-state index is 14.9. The first-order valence-electron chi connectivity index (χ1n) is 10.8. The fourth-order valence-electron chi connectivity index (χ4n) is 4.35. The summed E-state index contributed by atoms with van der Waals surface area (Å²) in [6, 6.07) is 9.76. The van der Waals surface area contributed by atoms with Crippen molar-refractivity contribution in [2.75, 3.05) is 18.4 Å². The topological polar surface area (TPSA) is 89.1 Å². The van der Waals surface area contributed by atoms with E-state index in [0.29, 0.717) is 24.7 Å². The first-order chi connectivity index (χ1) is 16.0. The molecule has 1 aliphatic heterocycles. The zero-order chi connectivity index (χ0) is 22.9. The number of nitrogens with one attached hydrogen (secondary N) is 1. The molecule has 10 heteroatoms. The number of rotatable bonds is 5. The summed E-state index contributed by atoms with van der Waals surface area (Å²) in [6.07, 6.45) is 4.48. The first kappa shape index (κ1) is 21.0. The van der Waals surface area contributed by atoms with E-state index in [1.807, 2.05) is 31.2 Å². The summed E-state index contributed by atoms with van der Waals surface area (Å²) in [7, 11) is 0. The van der Waals surface area contributed by atoms with E-state index in [1.165, 1.54) is 18.5 Å². The third kappa shape index (κ3) is 3.92. The van der Waals surface area contributed by atoms with Crippen molar-refractivity contribution in [3.8, 4) is 5.69 Å². The van der Waals surface area contributed by atoms with Gasteiger partial charge in [0.05, 0.1) is 18.4 Å². The average Bonchev–Trinajstić information content (AvgIpc) is 3.49. The van der Waals surface area contributed by atoms with Gasteiger partial charge in [-0.25, -0.2) is 8.78 Å². The summed E-state index contributed by atoms with van der Waals surface area (Å²) in [6.45, 7) is 2.81. The third-order valence-corrected chi connectivity index (χ3v) is 6.05. The van der Waals surface area contributed by atoms with Crippen molar-refractivity contribution in [2.45, 2.75) is 25.8 Å². The largest absolute Gasteiger partial charge is 0.424 e. The number of halogens is 2. The Morgan fingerprint density at radius 1 is 1.18 bits per heavy atom. The summed E-state index contributed by atoms with van der Waals surface area (Å²) in [5.41, 5.74) is 1.09. The Morgan fingerprint density at radius 2 is 1.97 bits per heavy atom. The fraction of sp³-hybridized carbons (Fsp3) is 0.304. The molecule has 0 saturated carbocycles. The molecule has 3 heterocycles. The second kappa shape index (κ2) is 8.61. The van der Waals surface area contributed by atoms with Gasteiger partial charge in [-0.1, -0.05) is 19.1 Å². The van der Waals surface area contributed by atoms with E-state index >= 15 is 0 Å². The predicted molar refractivity (Wildman–Crippen MR) is 117 cm³/mol. The molecule has 2 atom stereocenters. The molecule has 0 spiro atoms. The summed E-state index contributed by atoms with van der Waals surface area (Å²) >= 11 is 0. The molecule has 1 fully saturated rings. The van der Waals surface area contributed by atoms with Crippen molar-refractivity contribution in [1.29, 1.82) is 0 Å². The zero-order valence-corrected chi connectivity index (χ0v) is 17.9. The lowest BCUT2D eigenvalue weighted by molar-refractivity contribution is 0.0533. The molecule has 33 heavy (non-hydrogen) atoms. The number of aromatic nitrogens is 4. The summed E-state index contributed by atoms with van der Waals surface area (Å²) in [4.78, 5) is 20.7. The van der Waals surface area contributed by atoms with Crippen LogP contribution in [-0.2, 0) is 0 Å². The number of para-hydroxylation sites is 2. The number of carbonyl (C=O) groups excluding carboxylic acids is 1. The highest BCUT2D eigenvalue weighted by molar-refractivity contribution is 5.98. The number of hydrogen-bond donors (Lipinski definition) is 1. The number of anilines is 1. The Morgan fingerprint density at radius 3 is 2.76 bits per heavy atom. The molecule has 0 bridgehead atoms. The van der Waals surface area contributed by atoms with Gasteiger partial charge in [0.1, 0.15) is 16.8 Å². The Bertz CT molecular complexity index is 1260. The molecule has 4 aromatic rings. The number of hydrogen-bond acceptors (Lipinski definition) is 6. The van der Waals surface area contributed by atoms with E-state index in [4.69, 9.17) is 4.42 Å². The monoisotopic (exact) mass is 452 g/mol. The minimum Gasteiger partial charge on any atom is -0.424 e. The third-order valence-electron chi connectivity index (χ3n) is 6.05. The highest BCUT2D eigenvalue weighted by atomic mass is 19.2. The number of likely N-dealkylation sites (tertiary alicyclic amines) is 1. The molecule has 2 aromatic carbocycles. The SMILES string of the molecule is C[C@@H]1CCCN(C(=O)c2c(-n3nccn3)ccc(F)c2F)[C@@H]1CNc1nc2ccccc2o1. The highest BCUT2D eigenvalue weighted by Crippen LogP contribution is 2.29. The van der Waals surface area contributed by atoms with Crippen LogP contribution < -0.4 is 5.32 Å². The van der Waals surface area contributed by atoms with E-state index in [-0.39, 0.29) is 23.2 Å². The van der Waals surface area contributed by atoms with Gasteiger partial charge in [-0.3, -0.25) is 4.79 Å². The number of piperidine rings is 1. The zero-order valence-electron chi connectivity index (χ0n) is 17.9. The first-order valence-corrected chi connectivity index (χ1v) is 10.8. The number of nitrogens with zero attached hydrogens (tertiary/aromatic N) is 5. The van der Waals surface area contributed by atoms with E-state index in [9.17, 15) is 13.6 Å². The quantitative estimate of drug-likeness (QED) is 0.492. The summed E-state index contributed by atoms with van der Waals surface area (Å²) in [5, 5.41) is 11.1. The highest BCUT2D eigenvalue weighted by Gasteiger charge is 2.35. The molecule has 0 unspecified atom stereocenters. The molecule has 0 aliphatic carbocycles. The van der Waals surface area contributed by atoms with Crippen molar-refractivity contribution in [1.82, 2.24) is 24.9 Å². The van der Waals surface area contributed by atoms with Crippen LogP contribution in [0.1, 0.15) is 30.1 Å². The standard InChI is InChI=1S/C23H22F2N6O2/c1-14-5-4-12-30(18(14)13-26-23-29-16-6-2-3-7-19(16)33-23)22(32)20-17(31-27-10-11-28-31)9-8-15(24)21(20)25/h2-3,6-11,14,18H,4-5,12-13H2,1H3,(H,26,29)/t14-,18-/m1/s1. The van der Waals surface area contributed by atoms with Gasteiger partial charge in [0.25, 0.3) is 11.9 Å². The molecular weight excluding hydrogens is 430 g/mol. The second-order valence-corrected chi connectivity index (χ2v) is 8.13. The van der Waals surface area contributed by atoms with Crippen LogP contribution in [0.2, 0.25) is 0 Å². The molecule has 0 radical (unpaired) electrons. The molecule has 1 saturated heterocycles. The minimum absolute atomic E-state index is 0.0905. The van der Waals surface area contributed by atoms with Gasteiger partial charge in [0.15, 0.2) is 17.2 Å². The van der Waals surface area contributed by atoms with E-state index in [1.54, 1.807) is 4.90 Å². The number of amides is 1. The maximum atomic E-state index is 14.9. The Hall–Kier alpha value is -3.82. The minimum atomic E-state index is -1.21. The van der Waals surface area contributed by atoms with Gasteiger partial charge in [0.2, 0.25) is 0 Å². The van der Waals surface area contributed by atoms with Crippen molar-refractivity contribution >= 4 is 23.0 Å². The summed E-state index contributed by atoms with van der Waals surface area (Å²) < 4.78 is 34.8. The number of oxazole rings is 1. The number of benzene rings is 2. The van der Waals surface area contributed by atoms with Crippen LogP contribution in [0.5, 0.6) is 0 Å². The lowest BCUT2D eigenvalue weighted by Gasteiger charge is -2.40. The molecule has 1 N–H and O–H groups in total. The van der Waals surface area contributed by atoms with Gasteiger partial charge in [0, 0.05) is 13.1 Å². The maximum Gasteiger partial charge on any atom is 0.295 e. The Labute approximate surface area is 188 Å². The van der Waals surface area contributed by atoms with Gasteiger partial charge in [-0.2, -0.15) is 20.0 Å². The van der Waals surface area contributed by atoms with Crippen molar-refractivity contribution < 1.29 is 18.0 Å². The van der Waals surface area contributed by atoms with Crippen LogP contribution in [0.4, 0.5) is 14.8 Å².